The van der Waals surface area contributed by atoms with Gasteiger partial charge in [0.25, 0.3) is 0 Å². The number of pyridine rings is 2. The maximum Gasteiger partial charge on any atom is 0.490 e. The predicted molar refractivity (Wildman–Crippen MR) is 308 cm³/mol. The van der Waals surface area contributed by atoms with Gasteiger partial charge in [0.1, 0.15) is 35.0 Å². The maximum atomic E-state index is 13.6. The summed E-state index contributed by atoms with van der Waals surface area (Å²) >= 11 is 14.8. The average molecular weight is 1340 g/mol. The Bertz CT molecular complexity index is 3850. The number of carbonyl (C=O) groups is 2. The van der Waals surface area contributed by atoms with Crippen LogP contribution in [0.4, 0.5) is 58.4 Å². The molecule has 0 amide bonds. The first-order valence-corrected chi connectivity index (χ1v) is 27.5. The minimum Gasteiger partial charge on any atom is -0.472 e. The number of hydrogen-bond acceptors (Lipinski definition) is 20. The van der Waals surface area contributed by atoms with Gasteiger partial charge in [-0.15, -0.1) is 0 Å². The number of nitrogens with zero attached hydrogens (tertiary/aromatic N) is 12. The second-order valence-corrected chi connectivity index (χ2v) is 21.3. The van der Waals surface area contributed by atoms with Gasteiger partial charge < -0.3 is 49.4 Å². The highest BCUT2D eigenvalue weighted by Crippen LogP contribution is 2.35. The number of benzene rings is 2. The zero-order valence-electron chi connectivity index (χ0n) is 46.9. The van der Waals surface area contributed by atoms with Crippen LogP contribution in [0.5, 0.6) is 11.8 Å². The van der Waals surface area contributed by atoms with Gasteiger partial charge in [-0.25, -0.2) is 47.7 Å². The van der Waals surface area contributed by atoms with Crippen molar-refractivity contribution in [3.05, 3.63) is 146 Å². The van der Waals surface area contributed by atoms with Crippen LogP contribution in [-0.2, 0) is 21.8 Å². The second kappa shape index (κ2) is 27.9. The summed E-state index contributed by atoms with van der Waals surface area (Å²) in [6.07, 6.45) is -2.53. The van der Waals surface area contributed by atoms with Gasteiger partial charge in [-0.1, -0.05) is 23.2 Å². The number of alkyl halides is 6. The molecule has 2 fully saturated rings. The fourth-order valence-corrected chi connectivity index (χ4v) is 9.35. The van der Waals surface area contributed by atoms with Gasteiger partial charge in [-0.3, -0.25) is 0 Å². The van der Waals surface area contributed by atoms with E-state index in [1.54, 1.807) is 0 Å². The fourth-order valence-electron chi connectivity index (χ4n) is 8.63. The van der Waals surface area contributed by atoms with E-state index in [9.17, 15) is 44.7 Å². The number of rotatable bonds is 14. The van der Waals surface area contributed by atoms with Crippen LogP contribution in [-0.4, -0.2) is 155 Å². The number of ether oxygens (including phenoxy) is 4. The van der Waals surface area contributed by atoms with Crippen molar-refractivity contribution in [2.24, 2.45) is 0 Å². The van der Waals surface area contributed by atoms with Crippen molar-refractivity contribution in [1.82, 2.24) is 59.3 Å². The summed E-state index contributed by atoms with van der Waals surface area (Å²) in [5, 5.41) is 31.0. The molecule has 6 aromatic heterocycles. The van der Waals surface area contributed by atoms with Crippen molar-refractivity contribution >= 4 is 86.9 Å². The third-order valence-corrected chi connectivity index (χ3v) is 14.1. The van der Waals surface area contributed by atoms with Crippen LogP contribution < -0.4 is 25.6 Å². The number of anilines is 4. The van der Waals surface area contributed by atoms with E-state index >= 15 is 0 Å². The molecule has 2 atom stereocenters. The van der Waals surface area contributed by atoms with Gasteiger partial charge in [0.05, 0.1) is 28.7 Å². The molecule has 88 heavy (non-hydrogen) atoms. The molecule has 0 spiro atoms. The second-order valence-electron chi connectivity index (χ2n) is 19.6. The highest BCUT2D eigenvalue weighted by Gasteiger charge is 2.37. The van der Waals surface area contributed by atoms with E-state index < -0.39 is 54.4 Å². The third kappa shape index (κ3) is 16.3. The van der Waals surface area contributed by atoms with Crippen LogP contribution in [0.15, 0.2) is 89.9 Å². The van der Waals surface area contributed by atoms with Crippen LogP contribution in [0.3, 0.4) is 0 Å². The molecule has 8 heterocycles. The van der Waals surface area contributed by atoms with Crippen LogP contribution in [0.2, 0.25) is 10.0 Å². The summed E-state index contributed by atoms with van der Waals surface area (Å²) in [6.45, 7) is 6.07. The summed E-state index contributed by atoms with van der Waals surface area (Å²) in [7, 11) is 4.70. The Hall–Kier alpha value is -8.14. The molecule has 0 saturated carbocycles. The molecule has 0 aliphatic carbocycles. The molecular weight excluding hydrogens is 1290 g/mol. The van der Waals surface area contributed by atoms with Crippen LogP contribution in [0.1, 0.15) is 56.3 Å². The Morgan fingerprint density at radius 2 is 1.10 bits per heavy atom. The Morgan fingerprint density at radius 1 is 0.648 bits per heavy atom. The van der Waals surface area contributed by atoms with Crippen LogP contribution >= 0.6 is 39.1 Å². The Morgan fingerprint density at radius 3 is 1.53 bits per heavy atom. The SMILES string of the molecule is COC(=O)c1cc(-c2cnc(Nc3ccc(F)c(Cl)c3)nc2-n2nc(C(F)(F)F)cc2C)cnc1OC1CCN(C)C1.COC(=O)c1cc(B(O)O)cnc1OC1CCN(C)C1.Cc1cc(C(F)(F)F)nn1-c1nc(Nc2ccc(F)c(Cl)c2)ncc1Br. The standard InChI is InChI=1S/C27H24ClF4N7O3.C15H9BrClF4N5.C12H17BN2O5/c1-14-8-22(27(30,31)32)37-39(14)23-19(12-34-26(36-23)35-16-4-5-21(29)20(28)10-16)15-9-18(25(40)41-3)24(33-11-15)42-17-6-7-38(2)13-17;1-7-4-12(15(19,20)21)25-26(7)13-9(16)6-22-14(24-13)23-8-2-3-11(18)10(17)5-8;1-15-4-3-9(7-15)20-11-10(12(16)19-2)5-8(6-14-11)13(17)18/h4-5,8-12,17H,6-7,13H2,1-3H3,(H,34,35,36);2-6H,1H3,(H,22,23,24);5-6,9,17-18H,3-4,7H2,1-2H3. The smallest absolute Gasteiger partial charge is 0.472 e. The van der Waals surface area contributed by atoms with Crippen molar-refractivity contribution in [3.63, 3.8) is 0 Å². The van der Waals surface area contributed by atoms with Crippen molar-refractivity contribution in [3.8, 4) is 34.5 Å². The Labute approximate surface area is 514 Å². The summed E-state index contributed by atoms with van der Waals surface area (Å²) in [4.78, 5) is 53.9. The molecular formula is C54H50BBrCl2F8N14O8. The van der Waals surface area contributed by atoms with Crippen molar-refractivity contribution < 1.29 is 73.7 Å². The molecule has 0 radical (unpaired) electrons. The number of methoxy groups -OCH3 is 2. The molecule has 4 N–H and O–H groups in total. The van der Waals surface area contributed by atoms with E-state index in [0.717, 1.165) is 66.1 Å². The molecule has 22 nitrogen and oxygen atoms in total. The highest BCUT2D eigenvalue weighted by atomic mass is 79.9. The predicted octanol–water partition coefficient (Wildman–Crippen LogP) is 9.38. The highest BCUT2D eigenvalue weighted by molar-refractivity contribution is 9.10. The molecule has 10 rings (SSSR count). The first-order valence-electron chi connectivity index (χ1n) is 25.9. The number of likely N-dealkylation sites (N-methyl/N-ethyl adjacent to an activating group) is 2. The van der Waals surface area contributed by atoms with E-state index in [2.05, 4.69) is 81.2 Å². The molecule has 8 aromatic rings. The van der Waals surface area contributed by atoms with Crippen molar-refractivity contribution in [1.29, 1.82) is 0 Å². The lowest BCUT2D eigenvalue weighted by Crippen LogP contribution is -2.32. The summed E-state index contributed by atoms with van der Waals surface area (Å²) in [5.74, 6) is -2.22. The van der Waals surface area contributed by atoms with Gasteiger partial charge in [0, 0.05) is 90.3 Å². The van der Waals surface area contributed by atoms with E-state index in [1.165, 1.54) is 89.3 Å². The quantitative estimate of drug-likeness (QED) is 0.0449. The van der Waals surface area contributed by atoms with Gasteiger partial charge >= 0.3 is 31.4 Å². The zero-order chi connectivity index (χ0) is 63.9. The van der Waals surface area contributed by atoms with Gasteiger partial charge in [0.2, 0.25) is 23.7 Å². The molecule has 2 aliphatic rings. The molecule has 2 saturated heterocycles. The van der Waals surface area contributed by atoms with Gasteiger partial charge in [-0.05, 0) is 117 Å². The molecule has 0 bridgehead atoms. The topological polar surface area (TPSA) is 255 Å². The van der Waals surface area contributed by atoms with Crippen molar-refractivity contribution in [2.45, 2.75) is 51.2 Å². The lowest BCUT2D eigenvalue weighted by Gasteiger charge is -2.17. The number of aryl methyl sites for hydroxylation is 2. The van der Waals surface area contributed by atoms with Crippen molar-refractivity contribution in [2.75, 3.05) is 65.1 Å². The number of likely N-dealkylation sites (tertiary alicyclic amines) is 2. The number of esters is 2. The molecule has 2 aromatic carbocycles. The maximum absolute atomic E-state index is 13.6. The summed E-state index contributed by atoms with van der Waals surface area (Å²) in [5.41, 5.74) is -0.301. The third-order valence-electron chi connectivity index (χ3n) is 13.0. The monoisotopic (exact) mass is 1330 g/mol. The van der Waals surface area contributed by atoms with E-state index in [0.29, 0.717) is 28.0 Å². The minimum absolute atomic E-state index is 0.0202. The number of hydrogen-bond donors (Lipinski definition) is 4. The number of aromatic nitrogens is 10. The summed E-state index contributed by atoms with van der Waals surface area (Å²) in [6, 6.07) is 12.3. The first kappa shape index (κ1) is 65.8. The molecule has 2 unspecified atom stereocenters. The van der Waals surface area contributed by atoms with Gasteiger partial charge in [-0.2, -0.15) is 46.5 Å². The fraction of sp³-hybridized carbons (Fsp3) is 0.296. The lowest BCUT2D eigenvalue weighted by molar-refractivity contribution is -0.142. The lowest BCUT2D eigenvalue weighted by atomic mass is 9.81. The zero-order valence-corrected chi connectivity index (χ0v) is 50.0. The van der Waals surface area contributed by atoms with Crippen LogP contribution in [0.25, 0.3) is 22.8 Å². The number of halogens is 11. The molecule has 34 heteroatoms. The van der Waals surface area contributed by atoms with Gasteiger partial charge in [0.15, 0.2) is 23.0 Å². The molecule has 2 aliphatic heterocycles. The van der Waals surface area contributed by atoms with E-state index in [4.69, 9.17) is 47.5 Å². The molecule has 464 valence electrons. The largest absolute Gasteiger partial charge is 0.490 e. The Balaban J connectivity index is 0.000000186. The number of nitrogens with one attached hydrogen (secondary N) is 2. The Kier molecular flexibility index (Phi) is 20.9. The first-order chi connectivity index (χ1) is 41.6. The number of carbonyl (C=O) groups excluding carboxylic acids is 2. The summed E-state index contributed by atoms with van der Waals surface area (Å²) < 4.78 is 130. The normalized spacial score (nSPS) is 15.2. The average Bonchev–Trinajstić information content (AvgIpc) is 3.73. The van der Waals surface area contributed by atoms with E-state index in [-0.39, 0.29) is 91.1 Å². The van der Waals surface area contributed by atoms with E-state index in [1.807, 2.05) is 14.1 Å². The minimum atomic E-state index is -4.71. The van der Waals surface area contributed by atoms with Crippen LogP contribution in [0, 0.1) is 25.5 Å².